The summed E-state index contributed by atoms with van der Waals surface area (Å²) in [5, 5.41) is 2.75. The average Bonchev–Trinajstić information content (AvgIpc) is 2.28. The molecule has 2 aromatic rings. The standard InChI is InChI=1S/C11H9F3N4/c12-11(13,14)8-6-16-10(18-9(8)15)17-7-4-2-1-3-5-7/h1-6H,(H3,15,16,17,18). The molecule has 0 aliphatic rings. The van der Waals surface area contributed by atoms with Crippen molar-refractivity contribution >= 4 is 17.5 Å². The molecule has 1 aromatic carbocycles. The van der Waals surface area contributed by atoms with Crippen LogP contribution in [-0.2, 0) is 6.18 Å². The van der Waals surface area contributed by atoms with E-state index in [1.54, 1.807) is 24.3 Å². The summed E-state index contributed by atoms with van der Waals surface area (Å²) in [5.74, 6) is -0.581. The van der Waals surface area contributed by atoms with E-state index >= 15 is 0 Å². The molecule has 0 bridgehead atoms. The molecule has 0 aliphatic carbocycles. The SMILES string of the molecule is Nc1nc(Nc2ccccc2)ncc1C(F)(F)F. The van der Waals surface area contributed by atoms with Crippen LogP contribution in [0.15, 0.2) is 36.5 Å². The zero-order chi connectivity index (χ0) is 13.2. The van der Waals surface area contributed by atoms with Gasteiger partial charge in [-0.25, -0.2) is 4.98 Å². The number of nitrogens with zero attached hydrogens (tertiary/aromatic N) is 2. The van der Waals surface area contributed by atoms with Crippen LogP contribution in [0.5, 0.6) is 0 Å². The number of anilines is 3. The van der Waals surface area contributed by atoms with Crippen molar-refractivity contribution in [2.75, 3.05) is 11.1 Å². The van der Waals surface area contributed by atoms with Gasteiger partial charge in [-0.05, 0) is 12.1 Å². The monoisotopic (exact) mass is 254 g/mol. The maximum atomic E-state index is 12.4. The highest BCUT2D eigenvalue weighted by Gasteiger charge is 2.34. The van der Waals surface area contributed by atoms with Crippen molar-refractivity contribution in [3.05, 3.63) is 42.1 Å². The molecule has 0 atom stereocenters. The lowest BCUT2D eigenvalue weighted by Crippen LogP contribution is -2.12. The Labute approximate surface area is 101 Å². The number of nitrogens with two attached hydrogens (primary N) is 1. The third kappa shape index (κ3) is 2.68. The summed E-state index contributed by atoms with van der Waals surface area (Å²) in [6, 6.07) is 8.83. The van der Waals surface area contributed by atoms with Crippen molar-refractivity contribution in [3.63, 3.8) is 0 Å². The predicted octanol–water partition coefficient (Wildman–Crippen LogP) is 2.82. The molecule has 0 spiro atoms. The Morgan fingerprint density at radius 2 is 1.78 bits per heavy atom. The molecule has 0 radical (unpaired) electrons. The average molecular weight is 254 g/mol. The summed E-state index contributed by atoms with van der Waals surface area (Å²) in [4.78, 5) is 7.15. The molecule has 2 rings (SSSR count). The number of rotatable bonds is 2. The summed E-state index contributed by atoms with van der Waals surface area (Å²) >= 11 is 0. The van der Waals surface area contributed by atoms with E-state index in [-0.39, 0.29) is 5.95 Å². The number of para-hydroxylation sites is 1. The van der Waals surface area contributed by atoms with Crippen LogP contribution in [0.3, 0.4) is 0 Å². The maximum Gasteiger partial charge on any atom is 0.421 e. The first-order chi connectivity index (χ1) is 8.47. The van der Waals surface area contributed by atoms with Gasteiger partial charge in [-0.15, -0.1) is 0 Å². The highest BCUT2D eigenvalue weighted by molar-refractivity contribution is 5.55. The van der Waals surface area contributed by atoms with E-state index < -0.39 is 17.6 Å². The van der Waals surface area contributed by atoms with Gasteiger partial charge in [0.1, 0.15) is 11.4 Å². The minimum absolute atomic E-state index is 0.0201. The highest BCUT2D eigenvalue weighted by Crippen LogP contribution is 2.32. The summed E-state index contributed by atoms with van der Waals surface area (Å²) in [5.41, 5.74) is 4.87. The lowest BCUT2D eigenvalue weighted by Gasteiger charge is -2.10. The first-order valence-corrected chi connectivity index (χ1v) is 4.98. The minimum Gasteiger partial charge on any atom is -0.383 e. The van der Waals surface area contributed by atoms with Crippen LogP contribution >= 0.6 is 0 Å². The Balaban J connectivity index is 2.25. The third-order valence-electron chi connectivity index (χ3n) is 2.15. The van der Waals surface area contributed by atoms with Crippen LogP contribution in [0.2, 0.25) is 0 Å². The van der Waals surface area contributed by atoms with Crippen molar-refractivity contribution in [1.29, 1.82) is 0 Å². The summed E-state index contributed by atoms with van der Waals surface area (Å²) in [6.45, 7) is 0. The van der Waals surface area contributed by atoms with Gasteiger partial charge < -0.3 is 11.1 Å². The summed E-state index contributed by atoms with van der Waals surface area (Å²) in [7, 11) is 0. The molecule has 3 N–H and O–H groups in total. The number of nitrogen functional groups attached to an aromatic ring is 1. The Hall–Kier alpha value is -2.31. The third-order valence-corrected chi connectivity index (χ3v) is 2.15. The fourth-order valence-electron chi connectivity index (χ4n) is 1.32. The van der Waals surface area contributed by atoms with Crippen molar-refractivity contribution in [3.8, 4) is 0 Å². The number of alkyl halides is 3. The van der Waals surface area contributed by atoms with Gasteiger partial charge >= 0.3 is 6.18 Å². The minimum atomic E-state index is -4.55. The van der Waals surface area contributed by atoms with Crippen LogP contribution < -0.4 is 11.1 Å². The van der Waals surface area contributed by atoms with Crippen LogP contribution in [-0.4, -0.2) is 9.97 Å². The Kier molecular flexibility index (Phi) is 3.05. The molecule has 7 heteroatoms. The molecule has 0 saturated carbocycles. The van der Waals surface area contributed by atoms with E-state index in [1.807, 2.05) is 6.07 Å². The van der Waals surface area contributed by atoms with Crippen LogP contribution in [0.1, 0.15) is 5.56 Å². The van der Waals surface area contributed by atoms with Gasteiger partial charge in [0.2, 0.25) is 5.95 Å². The summed E-state index contributed by atoms with van der Waals surface area (Å²) < 4.78 is 37.3. The number of hydrogen-bond acceptors (Lipinski definition) is 4. The molecule has 0 aliphatic heterocycles. The second-order valence-corrected chi connectivity index (χ2v) is 3.48. The Morgan fingerprint density at radius 3 is 2.33 bits per heavy atom. The first-order valence-electron chi connectivity index (χ1n) is 4.98. The van der Waals surface area contributed by atoms with Crippen LogP contribution in [0.25, 0.3) is 0 Å². The molecular formula is C11H9F3N4. The van der Waals surface area contributed by atoms with Crippen molar-refractivity contribution in [2.24, 2.45) is 0 Å². The van der Waals surface area contributed by atoms with Crippen LogP contribution in [0.4, 0.5) is 30.6 Å². The largest absolute Gasteiger partial charge is 0.421 e. The van der Waals surface area contributed by atoms with Gasteiger partial charge in [-0.2, -0.15) is 18.2 Å². The second-order valence-electron chi connectivity index (χ2n) is 3.48. The smallest absolute Gasteiger partial charge is 0.383 e. The molecule has 4 nitrogen and oxygen atoms in total. The normalized spacial score (nSPS) is 11.3. The lowest BCUT2D eigenvalue weighted by molar-refractivity contribution is -0.137. The zero-order valence-electron chi connectivity index (χ0n) is 9.07. The fraction of sp³-hybridized carbons (Fsp3) is 0.0909. The van der Waals surface area contributed by atoms with Crippen LogP contribution in [0, 0.1) is 0 Å². The number of halogens is 3. The topological polar surface area (TPSA) is 63.8 Å². The summed E-state index contributed by atoms with van der Waals surface area (Å²) in [6.07, 6.45) is -3.89. The molecule has 0 saturated heterocycles. The fourth-order valence-corrected chi connectivity index (χ4v) is 1.32. The molecule has 0 fully saturated rings. The van der Waals surface area contributed by atoms with E-state index in [4.69, 9.17) is 5.73 Å². The molecule has 1 heterocycles. The van der Waals surface area contributed by atoms with E-state index in [1.165, 1.54) is 0 Å². The van der Waals surface area contributed by atoms with Gasteiger partial charge in [0.05, 0.1) is 0 Å². The van der Waals surface area contributed by atoms with Gasteiger partial charge in [0.25, 0.3) is 0 Å². The Bertz CT molecular complexity index is 540. The van der Waals surface area contributed by atoms with E-state index in [9.17, 15) is 13.2 Å². The molecule has 1 aromatic heterocycles. The number of benzene rings is 1. The molecule has 0 unspecified atom stereocenters. The second kappa shape index (κ2) is 4.52. The van der Waals surface area contributed by atoms with E-state index in [2.05, 4.69) is 15.3 Å². The molecule has 94 valence electrons. The predicted molar refractivity (Wildman–Crippen MR) is 61.2 cm³/mol. The number of nitrogens with one attached hydrogen (secondary N) is 1. The van der Waals surface area contributed by atoms with E-state index in [0.717, 1.165) is 0 Å². The zero-order valence-corrected chi connectivity index (χ0v) is 9.07. The van der Waals surface area contributed by atoms with Gasteiger partial charge in [0, 0.05) is 11.9 Å². The maximum absolute atomic E-state index is 12.4. The van der Waals surface area contributed by atoms with Gasteiger partial charge in [0.15, 0.2) is 0 Å². The Morgan fingerprint density at radius 1 is 1.11 bits per heavy atom. The van der Waals surface area contributed by atoms with E-state index in [0.29, 0.717) is 11.9 Å². The quantitative estimate of drug-likeness (QED) is 0.864. The highest BCUT2D eigenvalue weighted by atomic mass is 19.4. The van der Waals surface area contributed by atoms with Crippen molar-refractivity contribution in [1.82, 2.24) is 9.97 Å². The first kappa shape index (κ1) is 12.2. The molecular weight excluding hydrogens is 245 g/mol. The van der Waals surface area contributed by atoms with Crippen molar-refractivity contribution in [2.45, 2.75) is 6.18 Å². The molecule has 0 amide bonds. The number of hydrogen-bond donors (Lipinski definition) is 2. The van der Waals surface area contributed by atoms with Crippen molar-refractivity contribution < 1.29 is 13.2 Å². The van der Waals surface area contributed by atoms with Gasteiger partial charge in [-0.3, -0.25) is 0 Å². The number of aromatic nitrogens is 2. The van der Waals surface area contributed by atoms with Gasteiger partial charge in [-0.1, -0.05) is 18.2 Å². The lowest BCUT2D eigenvalue weighted by atomic mass is 10.3. The molecule has 18 heavy (non-hydrogen) atoms.